The summed E-state index contributed by atoms with van der Waals surface area (Å²) in [4.78, 5) is 13.6. The molecule has 2 N–H and O–H groups in total. The number of anilines is 1. The Bertz CT molecular complexity index is 462. The highest BCUT2D eigenvalue weighted by Crippen LogP contribution is 2.31. The molecule has 0 bridgehead atoms. The standard InChI is InChI=1S/C15H22N2O3/c1-11(18)15(19)16-9-12-7-8-17(10-12)13-5-3-4-6-14(13)20-2/h3-6,11-12,18H,7-10H2,1-2H3,(H,16,19). The minimum absolute atomic E-state index is 0.305. The maximum absolute atomic E-state index is 11.4. The van der Waals surface area contributed by atoms with Crippen LogP contribution < -0.4 is 15.0 Å². The maximum Gasteiger partial charge on any atom is 0.248 e. The second kappa shape index (κ2) is 6.61. The third-order valence-corrected chi connectivity index (χ3v) is 3.66. The Balaban J connectivity index is 1.90. The Morgan fingerprint density at radius 3 is 3.00 bits per heavy atom. The molecule has 110 valence electrons. The van der Waals surface area contributed by atoms with Crippen LogP contribution >= 0.6 is 0 Å². The van der Waals surface area contributed by atoms with Crippen LogP contribution in [0.2, 0.25) is 0 Å². The first-order valence-electron chi connectivity index (χ1n) is 6.95. The number of rotatable bonds is 5. The van der Waals surface area contributed by atoms with E-state index in [9.17, 15) is 4.79 Å². The number of carbonyl (C=O) groups is 1. The molecule has 5 heteroatoms. The zero-order chi connectivity index (χ0) is 14.5. The van der Waals surface area contributed by atoms with Gasteiger partial charge in [0.1, 0.15) is 11.9 Å². The molecule has 1 fully saturated rings. The SMILES string of the molecule is COc1ccccc1N1CCC(CNC(=O)C(C)O)C1. The van der Waals surface area contributed by atoms with Crippen molar-refractivity contribution >= 4 is 11.6 Å². The van der Waals surface area contributed by atoms with Gasteiger partial charge in [-0.2, -0.15) is 0 Å². The van der Waals surface area contributed by atoms with Crippen molar-refractivity contribution in [3.05, 3.63) is 24.3 Å². The highest BCUT2D eigenvalue weighted by atomic mass is 16.5. The molecule has 1 aromatic carbocycles. The minimum atomic E-state index is -0.943. The molecular formula is C15H22N2O3. The molecule has 20 heavy (non-hydrogen) atoms. The summed E-state index contributed by atoms with van der Waals surface area (Å²) in [5, 5.41) is 11.9. The molecular weight excluding hydrogens is 256 g/mol. The predicted molar refractivity (Wildman–Crippen MR) is 78.0 cm³/mol. The molecule has 5 nitrogen and oxygen atoms in total. The lowest BCUT2D eigenvalue weighted by Gasteiger charge is -2.21. The van der Waals surface area contributed by atoms with Crippen molar-refractivity contribution in [1.29, 1.82) is 0 Å². The lowest BCUT2D eigenvalue weighted by Crippen LogP contribution is -2.36. The maximum atomic E-state index is 11.4. The highest BCUT2D eigenvalue weighted by molar-refractivity contribution is 5.79. The second-order valence-electron chi connectivity index (χ2n) is 5.19. The molecule has 2 unspecified atom stereocenters. The third-order valence-electron chi connectivity index (χ3n) is 3.66. The van der Waals surface area contributed by atoms with Gasteiger partial charge in [0.2, 0.25) is 5.91 Å². The first kappa shape index (κ1) is 14.7. The molecule has 1 amide bonds. The van der Waals surface area contributed by atoms with E-state index in [-0.39, 0.29) is 5.91 Å². The zero-order valence-corrected chi connectivity index (χ0v) is 12.0. The average Bonchev–Trinajstić information content (AvgIpc) is 2.93. The summed E-state index contributed by atoms with van der Waals surface area (Å²) in [6.45, 7) is 3.93. The van der Waals surface area contributed by atoms with Crippen LogP contribution in [0.15, 0.2) is 24.3 Å². The van der Waals surface area contributed by atoms with Crippen LogP contribution in [0.4, 0.5) is 5.69 Å². The van der Waals surface area contributed by atoms with Crippen LogP contribution in [-0.2, 0) is 4.79 Å². The highest BCUT2D eigenvalue weighted by Gasteiger charge is 2.25. The summed E-state index contributed by atoms with van der Waals surface area (Å²) in [6.07, 6.45) is 0.0831. The van der Waals surface area contributed by atoms with E-state index < -0.39 is 6.10 Å². The number of nitrogens with zero attached hydrogens (tertiary/aromatic N) is 1. The first-order valence-corrected chi connectivity index (χ1v) is 6.95. The topological polar surface area (TPSA) is 61.8 Å². The van der Waals surface area contributed by atoms with Gasteiger partial charge in [0.25, 0.3) is 0 Å². The number of amides is 1. The van der Waals surface area contributed by atoms with E-state index in [4.69, 9.17) is 9.84 Å². The fraction of sp³-hybridized carbons (Fsp3) is 0.533. The van der Waals surface area contributed by atoms with Gasteiger partial charge < -0.3 is 20.1 Å². The lowest BCUT2D eigenvalue weighted by molar-refractivity contribution is -0.128. The molecule has 0 aromatic heterocycles. The van der Waals surface area contributed by atoms with E-state index in [1.54, 1.807) is 7.11 Å². The van der Waals surface area contributed by atoms with Crippen LogP contribution in [0.1, 0.15) is 13.3 Å². The Morgan fingerprint density at radius 2 is 2.30 bits per heavy atom. The Labute approximate surface area is 119 Å². The van der Waals surface area contributed by atoms with Gasteiger partial charge in [0.05, 0.1) is 12.8 Å². The molecule has 1 aromatic rings. The molecule has 1 saturated heterocycles. The Hall–Kier alpha value is -1.75. The fourth-order valence-corrected chi connectivity index (χ4v) is 2.50. The van der Waals surface area contributed by atoms with Crippen molar-refractivity contribution in [3.8, 4) is 5.75 Å². The third kappa shape index (κ3) is 3.42. The molecule has 1 heterocycles. The van der Waals surface area contributed by atoms with E-state index in [1.165, 1.54) is 6.92 Å². The van der Waals surface area contributed by atoms with Crippen molar-refractivity contribution in [1.82, 2.24) is 5.32 Å². The number of benzene rings is 1. The Morgan fingerprint density at radius 1 is 1.55 bits per heavy atom. The van der Waals surface area contributed by atoms with Crippen molar-refractivity contribution < 1.29 is 14.6 Å². The van der Waals surface area contributed by atoms with Crippen LogP contribution in [0, 0.1) is 5.92 Å². The molecule has 0 radical (unpaired) electrons. The largest absolute Gasteiger partial charge is 0.495 e. The van der Waals surface area contributed by atoms with Gasteiger partial charge in [0.15, 0.2) is 0 Å². The summed E-state index contributed by atoms with van der Waals surface area (Å²) in [5.41, 5.74) is 1.10. The number of carbonyl (C=O) groups excluding carboxylic acids is 1. The fourth-order valence-electron chi connectivity index (χ4n) is 2.50. The van der Waals surface area contributed by atoms with E-state index >= 15 is 0 Å². The number of para-hydroxylation sites is 2. The quantitative estimate of drug-likeness (QED) is 0.844. The summed E-state index contributed by atoms with van der Waals surface area (Å²) in [5.74, 6) is 0.976. The van der Waals surface area contributed by atoms with Gasteiger partial charge >= 0.3 is 0 Å². The number of ether oxygens (including phenoxy) is 1. The van der Waals surface area contributed by atoms with E-state index in [0.29, 0.717) is 12.5 Å². The van der Waals surface area contributed by atoms with Crippen molar-refractivity contribution in [2.45, 2.75) is 19.4 Å². The average molecular weight is 278 g/mol. The normalized spacial score (nSPS) is 19.8. The van der Waals surface area contributed by atoms with Crippen molar-refractivity contribution in [2.75, 3.05) is 31.6 Å². The lowest BCUT2D eigenvalue weighted by atomic mass is 10.1. The molecule has 2 rings (SSSR count). The number of hydrogen-bond acceptors (Lipinski definition) is 4. The van der Waals surface area contributed by atoms with Gasteiger partial charge in [0, 0.05) is 19.6 Å². The van der Waals surface area contributed by atoms with Gasteiger partial charge in [-0.15, -0.1) is 0 Å². The molecule has 1 aliphatic rings. The summed E-state index contributed by atoms with van der Waals surface area (Å²) < 4.78 is 5.38. The van der Waals surface area contributed by atoms with Crippen LogP contribution in [0.5, 0.6) is 5.75 Å². The van der Waals surface area contributed by atoms with Crippen LogP contribution in [0.3, 0.4) is 0 Å². The number of hydrogen-bond donors (Lipinski definition) is 2. The molecule has 0 aliphatic carbocycles. The van der Waals surface area contributed by atoms with Crippen molar-refractivity contribution in [3.63, 3.8) is 0 Å². The summed E-state index contributed by atoms with van der Waals surface area (Å²) in [7, 11) is 1.68. The minimum Gasteiger partial charge on any atom is -0.495 e. The first-order chi connectivity index (χ1) is 9.61. The number of aliphatic hydroxyl groups is 1. The number of aliphatic hydroxyl groups excluding tert-OH is 1. The predicted octanol–water partition coefficient (Wildman–Crippen LogP) is 1.02. The van der Waals surface area contributed by atoms with E-state index in [2.05, 4.69) is 16.3 Å². The van der Waals surface area contributed by atoms with Crippen molar-refractivity contribution in [2.24, 2.45) is 5.92 Å². The number of methoxy groups -OCH3 is 1. The monoisotopic (exact) mass is 278 g/mol. The van der Waals surface area contributed by atoms with E-state index in [0.717, 1.165) is 30.9 Å². The van der Waals surface area contributed by atoms with Gasteiger partial charge in [-0.05, 0) is 31.4 Å². The summed E-state index contributed by atoms with van der Waals surface area (Å²) in [6, 6.07) is 7.96. The zero-order valence-electron chi connectivity index (χ0n) is 12.0. The molecule has 0 saturated carbocycles. The Kier molecular flexibility index (Phi) is 4.84. The molecule has 0 spiro atoms. The summed E-state index contributed by atoms with van der Waals surface area (Å²) >= 11 is 0. The second-order valence-corrected chi connectivity index (χ2v) is 5.19. The molecule has 1 aliphatic heterocycles. The van der Waals surface area contributed by atoms with Gasteiger partial charge in [-0.25, -0.2) is 0 Å². The van der Waals surface area contributed by atoms with E-state index in [1.807, 2.05) is 18.2 Å². The number of nitrogens with one attached hydrogen (secondary N) is 1. The molecule has 2 atom stereocenters. The smallest absolute Gasteiger partial charge is 0.248 e. The van der Waals surface area contributed by atoms with Gasteiger partial charge in [-0.3, -0.25) is 4.79 Å². The van der Waals surface area contributed by atoms with Crippen LogP contribution in [0.25, 0.3) is 0 Å². The van der Waals surface area contributed by atoms with Gasteiger partial charge in [-0.1, -0.05) is 12.1 Å². The van der Waals surface area contributed by atoms with Crippen LogP contribution in [-0.4, -0.2) is 43.9 Å².